The Morgan fingerprint density at radius 3 is 2.35 bits per heavy atom. The molecule has 4 nitrogen and oxygen atoms in total. The highest BCUT2D eigenvalue weighted by Crippen LogP contribution is 2.23. The van der Waals surface area contributed by atoms with Crippen LogP contribution >= 0.6 is 11.6 Å². The van der Waals surface area contributed by atoms with Crippen LogP contribution in [0.5, 0.6) is 11.5 Å². The summed E-state index contributed by atoms with van der Waals surface area (Å²) in [5.74, 6) is 1.40. The molecule has 3 rings (SSSR count). The summed E-state index contributed by atoms with van der Waals surface area (Å²) in [5, 5.41) is 6.43. The van der Waals surface area contributed by atoms with Gasteiger partial charge in [0, 0.05) is 24.3 Å². The van der Waals surface area contributed by atoms with Crippen LogP contribution in [0.3, 0.4) is 0 Å². The van der Waals surface area contributed by atoms with Crippen molar-refractivity contribution in [3.63, 3.8) is 0 Å². The molecule has 1 amide bonds. The van der Waals surface area contributed by atoms with E-state index in [-0.39, 0.29) is 5.91 Å². The zero-order valence-electron chi connectivity index (χ0n) is 14.3. The van der Waals surface area contributed by atoms with Crippen molar-refractivity contribution in [3.05, 3.63) is 88.9 Å². The second kappa shape index (κ2) is 8.41. The van der Waals surface area contributed by atoms with Gasteiger partial charge in [0.15, 0.2) is 0 Å². The molecule has 0 bridgehead atoms. The van der Waals surface area contributed by atoms with Crippen molar-refractivity contribution < 1.29 is 9.53 Å². The maximum atomic E-state index is 12.0. The summed E-state index contributed by atoms with van der Waals surface area (Å²) < 4.78 is 5.79. The highest BCUT2D eigenvalue weighted by atomic mass is 35.5. The third-order valence-electron chi connectivity index (χ3n) is 3.84. The van der Waals surface area contributed by atoms with Crippen LogP contribution in [-0.2, 0) is 6.54 Å². The minimum absolute atomic E-state index is 0.179. The molecule has 0 aliphatic carbocycles. The van der Waals surface area contributed by atoms with E-state index in [2.05, 4.69) is 10.6 Å². The van der Waals surface area contributed by atoms with E-state index >= 15 is 0 Å². The molecule has 3 aromatic carbocycles. The maximum absolute atomic E-state index is 12.0. The van der Waals surface area contributed by atoms with Gasteiger partial charge in [-0.1, -0.05) is 41.9 Å². The number of carbonyl (C=O) groups is 1. The average Bonchev–Trinajstić information content (AvgIpc) is 2.68. The highest BCUT2D eigenvalue weighted by Gasteiger charge is 2.10. The first-order valence-corrected chi connectivity index (χ1v) is 8.61. The van der Waals surface area contributed by atoms with Crippen molar-refractivity contribution in [2.45, 2.75) is 6.54 Å². The minimum Gasteiger partial charge on any atom is -0.457 e. The Bertz CT molecular complexity index is 880. The van der Waals surface area contributed by atoms with Gasteiger partial charge in [0.2, 0.25) is 0 Å². The monoisotopic (exact) mass is 366 g/mol. The van der Waals surface area contributed by atoms with Crippen LogP contribution in [-0.4, -0.2) is 13.0 Å². The zero-order valence-corrected chi connectivity index (χ0v) is 15.1. The van der Waals surface area contributed by atoms with Crippen LogP contribution in [0, 0.1) is 0 Å². The van der Waals surface area contributed by atoms with Crippen molar-refractivity contribution in [1.29, 1.82) is 0 Å². The molecule has 0 heterocycles. The Kier molecular flexibility index (Phi) is 5.77. The van der Waals surface area contributed by atoms with E-state index in [0.717, 1.165) is 22.7 Å². The summed E-state index contributed by atoms with van der Waals surface area (Å²) in [6, 6.07) is 22.7. The number of carbonyl (C=O) groups excluding carboxylic acids is 1. The SMILES string of the molecule is CNC(=O)c1cc(Cl)ccc1NCc1ccc(Oc2ccccc2)cc1. The van der Waals surface area contributed by atoms with Crippen molar-refractivity contribution in [2.24, 2.45) is 0 Å². The molecule has 0 spiro atoms. The fraction of sp³-hybridized carbons (Fsp3) is 0.0952. The molecule has 0 aromatic heterocycles. The van der Waals surface area contributed by atoms with E-state index in [0.29, 0.717) is 17.1 Å². The van der Waals surface area contributed by atoms with E-state index in [4.69, 9.17) is 16.3 Å². The second-order valence-electron chi connectivity index (χ2n) is 5.68. The highest BCUT2D eigenvalue weighted by molar-refractivity contribution is 6.31. The van der Waals surface area contributed by atoms with Crippen LogP contribution in [0.15, 0.2) is 72.8 Å². The Morgan fingerprint density at radius 1 is 0.962 bits per heavy atom. The lowest BCUT2D eigenvalue weighted by molar-refractivity contribution is 0.0964. The number of halogens is 1. The topological polar surface area (TPSA) is 50.4 Å². The van der Waals surface area contributed by atoms with E-state index in [1.165, 1.54) is 0 Å². The molecular weight excluding hydrogens is 348 g/mol. The van der Waals surface area contributed by atoms with E-state index in [1.54, 1.807) is 25.2 Å². The van der Waals surface area contributed by atoms with Gasteiger partial charge < -0.3 is 15.4 Å². The fourth-order valence-corrected chi connectivity index (χ4v) is 2.66. The summed E-state index contributed by atoms with van der Waals surface area (Å²) >= 11 is 6.00. The molecule has 0 radical (unpaired) electrons. The zero-order chi connectivity index (χ0) is 18.4. The third-order valence-corrected chi connectivity index (χ3v) is 4.07. The Balaban J connectivity index is 1.66. The van der Waals surface area contributed by atoms with Gasteiger partial charge in [0.1, 0.15) is 11.5 Å². The van der Waals surface area contributed by atoms with Crippen molar-refractivity contribution >= 4 is 23.2 Å². The predicted octanol–water partition coefficient (Wildman–Crippen LogP) is 5.10. The number of amides is 1. The molecule has 3 aromatic rings. The minimum atomic E-state index is -0.179. The number of benzene rings is 3. The molecule has 2 N–H and O–H groups in total. The Labute approximate surface area is 157 Å². The van der Waals surface area contributed by atoms with Gasteiger partial charge in [0.25, 0.3) is 5.91 Å². The van der Waals surface area contributed by atoms with Gasteiger partial charge in [-0.3, -0.25) is 4.79 Å². The summed E-state index contributed by atoms with van der Waals surface area (Å²) in [7, 11) is 1.60. The van der Waals surface area contributed by atoms with Crippen molar-refractivity contribution in [3.8, 4) is 11.5 Å². The third kappa shape index (κ3) is 4.55. The first-order chi connectivity index (χ1) is 12.7. The van der Waals surface area contributed by atoms with Crippen LogP contribution in [0.1, 0.15) is 15.9 Å². The van der Waals surface area contributed by atoms with Crippen LogP contribution in [0.2, 0.25) is 5.02 Å². The van der Waals surface area contributed by atoms with Crippen molar-refractivity contribution in [1.82, 2.24) is 5.32 Å². The smallest absolute Gasteiger partial charge is 0.253 e. The van der Waals surface area contributed by atoms with Gasteiger partial charge >= 0.3 is 0 Å². The largest absolute Gasteiger partial charge is 0.457 e. The number of hydrogen-bond acceptors (Lipinski definition) is 3. The summed E-state index contributed by atoms with van der Waals surface area (Å²) in [6.45, 7) is 0.581. The molecule has 5 heteroatoms. The first-order valence-electron chi connectivity index (χ1n) is 8.23. The molecule has 0 aliphatic heterocycles. The Hall–Kier alpha value is -2.98. The number of anilines is 1. The lowest BCUT2D eigenvalue weighted by Crippen LogP contribution is -2.19. The molecule has 26 heavy (non-hydrogen) atoms. The van der Waals surface area contributed by atoms with E-state index < -0.39 is 0 Å². The van der Waals surface area contributed by atoms with Crippen LogP contribution in [0.4, 0.5) is 5.69 Å². The fourth-order valence-electron chi connectivity index (χ4n) is 2.49. The molecule has 0 saturated heterocycles. The normalized spacial score (nSPS) is 10.2. The predicted molar refractivity (Wildman–Crippen MR) is 105 cm³/mol. The molecular formula is C21H19ClN2O2. The molecule has 0 saturated carbocycles. The lowest BCUT2D eigenvalue weighted by atomic mass is 10.1. The van der Waals surface area contributed by atoms with E-state index in [9.17, 15) is 4.79 Å². The van der Waals surface area contributed by atoms with E-state index in [1.807, 2.05) is 54.6 Å². The Morgan fingerprint density at radius 2 is 1.65 bits per heavy atom. The van der Waals surface area contributed by atoms with Crippen LogP contribution < -0.4 is 15.4 Å². The average molecular weight is 367 g/mol. The number of rotatable bonds is 6. The number of hydrogen-bond donors (Lipinski definition) is 2. The number of ether oxygens (including phenoxy) is 1. The van der Waals surface area contributed by atoms with Crippen molar-refractivity contribution in [2.75, 3.05) is 12.4 Å². The molecule has 132 valence electrons. The van der Waals surface area contributed by atoms with Gasteiger partial charge in [-0.2, -0.15) is 0 Å². The second-order valence-corrected chi connectivity index (χ2v) is 6.12. The number of para-hydroxylation sites is 1. The summed E-state index contributed by atoms with van der Waals surface area (Å²) in [5.41, 5.74) is 2.32. The van der Waals surface area contributed by atoms with Crippen LogP contribution in [0.25, 0.3) is 0 Å². The summed E-state index contributed by atoms with van der Waals surface area (Å²) in [6.07, 6.45) is 0. The van der Waals surface area contributed by atoms with Gasteiger partial charge in [-0.15, -0.1) is 0 Å². The molecule has 0 unspecified atom stereocenters. The molecule has 0 fully saturated rings. The maximum Gasteiger partial charge on any atom is 0.253 e. The summed E-state index contributed by atoms with van der Waals surface area (Å²) in [4.78, 5) is 12.0. The van der Waals surface area contributed by atoms with Gasteiger partial charge in [-0.05, 0) is 48.0 Å². The van der Waals surface area contributed by atoms with Gasteiger partial charge in [0.05, 0.1) is 5.56 Å². The molecule has 0 aliphatic rings. The lowest BCUT2D eigenvalue weighted by Gasteiger charge is -2.12. The molecule has 0 atom stereocenters. The first kappa shape index (κ1) is 17.8. The number of nitrogens with one attached hydrogen (secondary N) is 2. The van der Waals surface area contributed by atoms with Gasteiger partial charge in [-0.25, -0.2) is 0 Å². The quantitative estimate of drug-likeness (QED) is 0.637. The standard InChI is InChI=1S/C21H19ClN2O2/c1-23-21(25)19-13-16(22)9-12-20(19)24-14-15-7-10-18(11-8-15)26-17-5-3-2-4-6-17/h2-13,24H,14H2,1H3,(H,23,25).